The first-order valence-electron chi connectivity index (χ1n) is 19.5. The quantitative estimate of drug-likeness (QED) is 0.0530. The Labute approximate surface area is 378 Å². The van der Waals surface area contributed by atoms with Gasteiger partial charge in [-0.2, -0.15) is 10.5 Å². The van der Waals surface area contributed by atoms with E-state index in [9.17, 15) is 24.3 Å². The lowest BCUT2D eigenvalue weighted by Crippen LogP contribution is -2.48. The van der Waals surface area contributed by atoms with Crippen LogP contribution in [0.1, 0.15) is 74.9 Å². The lowest BCUT2D eigenvalue weighted by atomic mass is 9.95. The Morgan fingerprint density at radius 2 is 1.08 bits per heavy atom. The number of hydrogen-bond acceptors (Lipinski definition) is 8. The van der Waals surface area contributed by atoms with Gasteiger partial charge in [0.1, 0.15) is 0 Å². The van der Waals surface area contributed by atoms with Gasteiger partial charge in [0.15, 0.2) is 8.32 Å². The normalized spacial score (nSPS) is 11.7. The number of rotatable bonds is 12. The summed E-state index contributed by atoms with van der Waals surface area (Å²) >= 11 is 12.5. The van der Waals surface area contributed by atoms with Gasteiger partial charge in [0.25, 0.3) is 11.8 Å². The van der Waals surface area contributed by atoms with Crippen LogP contribution in [-0.4, -0.2) is 50.3 Å². The highest BCUT2D eigenvalue weighted by Crippen LogP contribution is 2.37. The molecule has 14 nitrogen and oxygen atoms in total. The van der Waals surface area contributed by atoms with Crippen LogP contribution in [0.3, 0.4) is 0 Å². The summed E-state index contributed by atoms with van der Waals surface area (Å²) in [5, 5.41) is 27.9. The van der Waals surface area contributed by atoms with Gasteiger partial charge >= 0.3 is 0 Å². The van der Waals surface area contributed by atoms with Crippen molar-refractivity contribution >= 4 is 66.5 Å². The van der Waals surface area contributed by atoms with Crippen molar-refractivity contribution in [3.8, 4) is 12.1 Å². The van der Waals surface area contributed by atoms with Crippen molar-refractivity contribution in [2.45, 2.75) is 65.6 Å². The summed E-state index contributed by atoms with van der Waals surface area (Å²) in [4.78, 5) is 56.8. The van der Waals surface area contributed by atoms with Gasteiger partial charge in [-0.1, -0.05) is 68.2 Å². The van der Waals surface area contributed by atoms with E-state index in [0.29, 0.717) is 50.1 Å². The maximum atomic E-state index is 13.2. The molecule has 4 aromatic carbocycles. The molecule has 326 valence electrons. The van der Waals surface area contributed by atoms with Crippen LogP contribution in [0.2, 0.25) is 28.2 Å². The van der Waals surface area contributed by atoms with Crippen LogP contribution in [-0.2, 0) is 26.9 Å². The minimum Gasteiger partial charge on any atom is -0.416 e. The Hall–Kier alpha value is -6.56. The van der Waals surface area contributed by atoms with Gasteiger partial charge in [-0.05, 0) is 116 Å². The number of benzene rings is 4. The van der Waals surface area contributed by atoms with Gasteiger partial charge in [-0.3, -0.25) is 40.9 Å². The molecule has 0 saturated heterocycles. The molecule has 0 spiro atoms. The van der Waals surface area contributed by atoms with Crippen molar-refractivity contribution in [2.24, 2.45) is 11.8 Å². The Morgan fingerprint density at radius 3 is 1.43 bits per heavy atom. The van der Waals surface area contributed by atoms with Gasteiger partial charge in [-0.25, -0.2) is 9.69 Å². The van der Waals surface area contributed by atoms with Crippen molar-refractivity contribution in [1.82, 2.24) is 21.7 Å². The van der Waals surface area contributed by atoms with Crippen molar-refractivity contribution < 1.29 is 28.7 Å². The number of hydrogen-bond donors (Lipinski definition) is 5. The first-order chi connectivity index (χ1) is 29.7. The van der Waals surface area contributed by atoms with Crippen LogP contribution in [0.5, 0.6) is 0 Å². The van der Waals surface area contributed by atoms with E-state index < -0.39 is 50.4 Å². The predicted octanol–water partition coefficient (Wildman–Crippen LogP) is 8.40. The maximum absolute atomic E-state index is 13.2. The first kappa shape index (κ1) is 50.8. The van der Waals surface area contributed by atoms with E-state index in [1.807, 2.05) is 19.1 Å². The summed E-state index contributed by atoms with van der Waals surface area (Å²) in [5.41, 5.74) is 14.6. The van der Waals surface area contributed by atoms with E-state index in [0.717, 1.165) is 16.7 Å². The molecule has 2 atom stereocenters. The van der Waals surface area contributed by atoms with Gasteiger partial charge in [0.05, 0.1) is 64.9 Å². The summed E-state index contributed by atoms with van der Waals surface area (Å²) in [7, 11) is -2.14. The predicted molar refractivity (Wildman–Crippen MR) is 243 cm³/mol. The first-order valence-corrected chi connectivity index (χ1v) is 23.1. The molecule has 0 bridgehead atoms. The van der Waals surface area contributed by atoms with Crippen LogP contribution in [0, 0.1) is 61.5 Å². The van der Waals surface area contributed by atoms with Crippen molar-refractivity contribution in [1.29, 1.82) is 10.5 Å². The number of aliphatic hydroxyl groups is 1. The molecule has 17 heteroatoms. The molecule has 0 aliphatic heterocycles. The number of amides is 4. The lowest BCUT2D eigenvalue weighted by Gasteiger charge is -2.37. The van der Waals surface area contributed by atoms with Crippen molar-refractivity contribution in [3.05, 3.63) is 150 Å². The zero-order valence-electron chi connectivity index (χ0n) is 35.9. The van der Waals surface area contributed by atoms with Crippen LogP contribution >= 0.6 is 23.2 Å². The van der Waals surface area contributed by atoms with Crippen molar-refractivity contribution in [3.63, 3.8) is 0 Å². The van der Waals surface area contributed by atoms with Gasteiger partial charge in [0.2, 0.25) is 23.2 Å². The summed E-state index contributed by atoms with van der Waals surface area (Å²) in [5.74, 6) is -3.40. The number of nitriles is 2. The second-order valence-corrected chi connectivity index (χ2v) is 21.5. The molecular weight excluding hydrogens is 860 g/mol. The van der Waals surface area contributed by atoms with Crippen LogP contribution in [0.15, 0.2) is 72.8 Å². The Kier molecular flexibility index (Phi) is 18.6. The van der Waals surface area contributed by atoms with Crippen molar-refractivity contribution in [2.75, 3.05) is 13.2 Å². The molecule has 0 aromatic heterocycles. The number of carbonyl (C=O) groups is 4. The summed E-state index contributed by atoms with van der Waals surface area (Å²) < 4.78 is 6.33. The third-order valence-corrected chi connectivity index (χ3v) is 16.1. The molecule has 4 aromatic rings. The van der Waals surface area contributed by atoms with E-state index in [-0.39, 0.29) is 23.6 Å². The zero-order valence-corrected chi connectivity index (χ0v) is 38.5. The fourth-order valence-corrected chi connectivity index (χ4v) is 7.04. The van der Waals surface area contributed by atoms with E-state index >= 15 is 0 Å². The number of aliphatic hydroxyl groups excluding tert-OH is 1. The summed E-state index contributed by atoms with van der Waals surface area (Å²) in [6.45, 7) is 28.2. The molecule has 0 aliphatic rings. The molecule has 4 rings (SSSR count). The lowest BCUT2D eigenvalue weighted by molar-refractivity contribution is -0.127. The average molecular weight is 908 g/mol. The molecule has 0 aliphatic carbocycles. The van der Waals surface area contributed by atoms with Gasteiger partial charge in [-0.15, -0.1) is 0 Å². The van der Waals surface area contributed by atoms with Gasteiger partial charge < -0.3 is 9.53 Å². The molecule has 0 fully saturated rings. The number of nitrogens with zero attached hydrogens (tertiary/aromatic N) is 4. The standard InChI is InChI=1S/C26H31ClN4O3Si.C20H17ClN4O3/c1-17-20(12-13-22(29-5)23(17)27)14-21(16-34-35(6,7)26(2,3)4)25(33)31-30-24(32)19-10-8-18(15-28)9-11-19;1-12-15(7-8-17(23-2)18(12)21)9-16(11-26)20(28)25-24-19(27)14-5-3-13(10-22)4-6-14/h8-13,21H,14,16H2,1-4,6-7H3,(H,30,32)(H,31,33);3-8,16,26H,9,11H2,1H3,(H,24,27)(H,25,28)/t21-;16-/m11/s1. The topological polar surface area (TPSA) is 202 Å². The van der Waals surface area contributed by atoms with E-state index in [1.165, 1.54) is 48.5 Å². The highest BCUT2D eigenvalue weighted by Gasteiger charge is 2.38. The third-order valence-electron chi connectivity index (χ3n) is 10.7. The molecule has 63 heavy (non-hydrogen) atoms. The van der Waals surface area contributed by atoms with E-state index in [2.05, 4.69) is 65.3 Å². The van der Waals surface area contributed by atoms with Crippen LogP contribution < -0.4 is 21.7 Å². The number of carbonyl (C=O) groups excluding carboxylic acids is 4. The largest absolute Gasteiger partial charge is 0.416 e. The molecule has 0 heterocycles. The van der Waals surface area contributed by atoms with Gasteiger partial charge in [0, 0.05) is 17.7 Å². The minimum atomic E-state index is -2.14. The average Bonchev–Trinajstić information content (AvgIpc) is 3.27. The number of hydrazine groups is 2. The smallest absolute Gasteiger partial charge is 0.269 e. The monoisotopic (exact) mass is 906 g/mol. The molecule has 4 amide bonds. The Bertz CT molecular complexity index is 2500. The zero-order chi connectivity index (χ0) is 47.1. The fourth-order valence-electron chi connectivity index (χ4n) is 5.54. The second-order valence-electron chi connectivity index (χ2n) is 15.9. The molecule has 0 unspecified atom stereocenters. The number of nitrogens with one attached hydrogen (secondary N) is 4. The molecule has 0 radical (unpaired) electrons. The third kappa shape index (κ3) is 14.0. The van der Waals surface area contributed by atoms with E-state index in [4.69, 9.17) is 51.3 Å². The molecular formula is C46H48Cl2N8O6Si. The molecule has 0 saturated carbocycles. The Balaban J connectivity index is 0.000000344. The summed E-state index contributed by atoms with van der Waals surface area (Å²) in [6, 6.07) is 22.7. The highest BCUT2D eigenvalue weighted by molar-refractivity contribution is 6.74. The highest BCUT2D eigenvalue weighted by atomic mass is 35.5. The summed E-state index contributed by atoms with van der Waals surface area (Å²) in [6.07, 6.45) is 0.524. The van der Waals surface area contributed by atoms with Crippen LogP contribution in [0.4, 0.5) is 11.4 Å². The minimum absolute atomic E-state index is 0.0334. The fraction of sp³-hybridized carbons (Fsp3) is 0.304. The molecule has 5 N–H and O–H groups in total. The number of halogens is 2. The van der Waals surface area contributed by atoms with E-state index in [1.54, 1.807) is 31.2 Å². The Morgan fingerprint density at radius 1 is 0.698 bits per heavy atom. The SMILES string of the molecule is [C-]#[N+]c1ccc(C[C@H](CO)C(=O)NNC(=O)c2ccc(C#N)cc2)c(C)c1Cl.[C-]#[N+]c1ccc(C[C@H](CO[Si](C)(C)C(C)(C)C)C(=O)NNC(=O)c2ccc(C#N)cc2)c(C)c1Cl. The van der Waals surface area contributed by atoms with Crippen LogP contribution in [0.25, 0.3) is 9.69 Å². The maximum Gasteiger partial charge on any atom is 0.269 e. The second kappa shape index (κ2) is 23.0.